The van der Waals surface area contributed by atoms with E-state index in [1.807, 2.05) is 16.7 Å². The lowest BCUT2D eigenvalue weighted by Gasteiger charge is -2.25. The second-order valence-corrected chi connectivity index (χ2v) is 6.23. The van der Waals surface area contributed by atoms with Crippen LogP contribution in [-0.4, -0.2) is 52.4 Å². The fourth-order valence-electron chi connectivity index (χ4n) is 1.82. The second-order valence-electron chi connectivity index (χ2n) is 3.77. The van der Waals surface area contributed by atoms with Gasteiger partial charge in [0.15, 0.2) is 0 Å². The number of hydrogen-bond acceptors (Lipinski definition) is 4. The maximum Gasteiger partial charge on any atom is 0.236 e. The van der Waals surface area contributed by atoms with Gasteiger partial charge in [0, 0.05) is 36.4 Å². The molecule has 2 saturated heterocycles. The summed E-state index contributed by atoms with van der Waals surface area (Å²) in [5.74, 6) is 3.60. The van der Waals surface area contributed by atoms with Gasteiger partial charge in [-0.05, 0) is 6.42 Å². The van der Waals surface area contributed by atoms with Gasteiger partial charge in [0.1, 0.15) is 0 Å². The van der Waals surface area contributed by atoms with Crippen molar-refractivity contribution in [1.29, 1.82) is 0 Å². The molecule has 2 fully saturated rings. The first-order valence-electron chi connectivity index (χ1n) is 5.01. The van der Waals surface area contributed by atoms with E-state index in [4.69, 9.17) is 5.73 Å². The Morgan fingerprint density at radius 1 is 1.43 bits per heavy atom. The fourth-order valence-corrected chi connectivity index (χ4v) is 4.45. The van der Waals surface area contributed by atoms with Gasteiger partial charge in [-0.3, -0.25) is 4.79 Å². The van der Waals surface area contributed by atoms with Gasteiger partial charge in [-0.15, -0.1) is 11.8 Å². The van der Waals surface area contributed by atoms with Crippen molar-refractivity contribution in [3.05, 3.63) is 0 Å². The van der Waals surface area contributed by atoms with E-state index in [-0.39, 0.29) is 11.3 Å². The average molecular weight is 232 g/mol. The minimum Gasteiger partial charge on any atom is -0.340 e. The quantitative estimate of drug-likeness (QED) is 0.711. The van der Waals surface area contributed by atoms with Gasteiger partial charge in [0.2, 0.25) is 5.91 Å². The van der Waals surface area contributed by atoms with Crippen LogP contribution >= 0.6 is 23.5 Å². The Morgan fingerprint density at radius 2 is 2.29 bits per heavy atom. The number of amides is 1. The zero-order chi connectivity index (χ0) is 9.97. The van der Waals surface area contributed by atoms with Crippen LogP contribution in [-0.2, 0) is 4.79 Å². The summed E-state index contributed by atoms with van der Waals surface area (Å²) in [4.78, 5) is 13.9. The SMILES string of the molecule is NC1CCN(C(=O)C2CSCCS2)C1. The first-order chi connectivity index (χ1) is 6.77. The summed E-state index contributed by atoms with van der Waals surface area (Å²) in [6.07, 6.45) is 0.969. The second kappa shape index (κ2) is 4.77. The number of nitrogens with two attached hydrogens (primary N) is 1. The molecule has 5 heteroatoms. The highest BCUT2D eigenvalue weighted by molar-refractivity contribution is 8.07. The molecular weight excluding hydrogens is 216 g/mol. The molecule has 0 radical (unpaired) electrons. The zero-order valence-electron chi connectivity index (χ0n) is 8.15. The summed E-state index contributed by atoms with van der Waals surface area (Å²) < 4.78 is 0. The lowest BCUT2D eigenvalue weighted by atomic mass is 10.3. The standard InChI is InChI=1S/C9H16N2OS2/c10-7-1-2-11(5-7)9(12)8-6-13-3-4-14-8/h7-8H,1-6,10H2. The molecule has 1 amide bonds. The predicted molar refractivity (Wildman–Crippen MR) is 62.7 cm³/mol. The Morgan fingerprint density at radius 3 is 2.86 bits per heavy atom. The monoisotopic (exact) mass is 232 g/mol. The molecule has 2 rings (SSSR count). The minimum atomic E-state index is 0.194. The molecule has 0 aliphatic carbocycles. The van der Waals surface area contributed by atoms with E-state index in [2.05, 4.69) is 0 Å². The molecule has 0 aromatic heterocycles. The van der Waals surface area contributed by atoms with Crippen LogP contribution in [0.5, 0.6) is 0 Å². The highest BCUT2D eigenvalue weighted by Gasteiger charge is 2.30. The average Bonchev–Trinajstić information content (AvgIpc) is 2.65. The van der Waals surface area contributed by atoms with Crippen molar-refractivity contribution >= 4 is 29.4 Å². The summed E-state index contributed by atoms with van der Waals surface area (Å²) in [6.45, 7) is 1.63. The normalized spacial score (nSPS) is 33.4. The van der Waals surface area contributed by atoms with Gasteiger partial charge in [-0.2, -0.15) is 11.8 Å². The number of carbonyl (C=O) groups is 1. The molecule has 14 heavy (non-hydrogen) atoms. The van der Waals surface area contributed by atoms with Gasteiger partial charge in [0.05, 0.1) is 5.25 Å². The van der Waals surface area contributed by atoms with Gasteiger partial charge in [-0.1, -0.05) is 0 Å². The van der Waals surface area contributed by atoms with E-state index in [0.29, 0.717) is 5.91 Å². The highest BCUT2D eigenvalue weighted by atomic mass is 32.2. The maximum absolute atomic E-state index is 12.0. The van der Waals surface area contributed by atoms with E-state index in [9.17, 15) is 4.79 Å². The summed E-state index contributed by atoms with van der Waals surface area (Å²) in [6, 6.07) is 0.209. The Kier molecular flexibility index (Phi) is 3.62. The third kappa shape index (κ3) is 2.38. The van der Waals surface area contributed by atoms with Gasteiger partial charge in [-0.25, -0.2) is 0 Å². The van der Waals surface area contributed by atoms with Crippen LogP contribution in [0.15, 0.2) is 0 Å². The predicted octanol–water partition coefficient (Wildman–Crippen LogP) is 0.395. The molecule has 0 saturated carbocycles. The van der Waals surface area contributed by atoms with Gasteiger partial charge >= 0.3 is 0 Å². The number of hydrogen-bond donors (Lipinski definition) is 1. The van der Waals surface area contributed by atoms with Crippen molar-refractivity contribution in [2.24, 2.45) is 5.73 Å². The molecule has 0 aromatic carbocycles. The molecule has 0 spiro atoms. The van der Waals surface area contributed by atoms with Crippen molar-refractivity contribution < 1.29 is 4.79 Å². The Balaban J connectivity index is 1.87. The maximum atomic E-state index is 12.0. The van der Waals surface area contributed by atoms with Gasteiger partial charge in [0.25, 0.3) is 0 Å². The first-order valence-corrected chi connectivity index (χ1v) is 7.21. The molecule has 80 valence electrons. The lowest BCUT2D eigenvalue weighted by Crippen LogP contribution is -2.40. The molecule has 3 nitrogen and oxygen atoms in total. The van der Waals surface area contributed by atoms with E-state index in [1.165, 1.54) is 5.75 Å². The molecule has 2 aliphatic rings. The van der Waals surface area contributed by atoms with Crippen LogP contribution in [0.25, 0.3) is 0 Å². The molecule has 0 bridgehead atoms. The summed E-state index contributed by atoms with van der Waals surface area (Å²) in [7, 11) is 0. The summed E-state index contributed by atoms with van der Waals surface area (Å²) in [5.41, 5.74) is 5.79. The van der Waals surface area contributed by atoms with Crippen molar-refractivity contribution in [2.75, 3.05) is 30.3 Å². The first kappa shape index (κ1) is 10.6. The van der Waals surface area contributed by atoms with Crippen LogP contribution in [0.2, 0.25) is 0 Å². The van der Waals surface area contributed by atoms with Crippen molar-refractivity contribution in [1.82, 2.24) is 4.90 Å². The van der Waals surface area contributed by atoms with Crippen LogP contribution in [0.4, 0.5) is 0 Å². The third-order valence-corrected chi connectivity index (χ3v) is 5.37. The third-order valence-electron chi connectivity index (χ3n) is 2.63. The number of thioether (sulfide) groups is 2. The zero-order valence-corrected chi connectivity index (χ0v) is 9.78. The Labute approximate surface area is 93.2 Å². The minimum absolute atomic E-state index is 0.194. The number of rotatable bonds is 1. The number of nitrogens with zero attached hydrogens (tertiary/aromatic N) is 1. The van der Waals surface area contributed by atoms with Crippen LogP contribution in [0, 0.1) is 0 Å². The van der Waals surface area contributed by atoms with Crippen LogP contribution in [0.3, 0.4) is 0 Å². The van der Waals surface area contributed by atoms with Crippen LogP contribution in [0.1, 0.15) is 6.42 Å². The van der Waals surface area contributed by atoms with E-state index in [0.717, 1.165) is 31.0 Å². The molecule has 2 atom stereocenters. The topological polar surface area (TPSA) is 46.3 Å². The van der Waals surface area contributed by atoms with Crippen molar-refractivity contribution in [3.63, 3.8) is 0 Å². The summed E-state index contributed by atoms with van der Waals surface area (Å²) >= 11 is 3.70. The molecule has 2 aliphatic heterocycles. The Bertz CT molecular complexity index is 212. The number of carbonyl (C=O) groups excluding carboxylic acids is 1. The van der Waals surface area contributed by atoms with E-state index < -0.39 is 0 Å². The van der Waals surface area contributed by atoms with Crippen molar-refractivity contribution in [3.8, 4) is 0 Å². The van der Waals surface area contributed by atoms with E-state index in [1.54, 1.807) is 11.8 Å². The Hall–Kier alpha value is 0.130. The molecular formula is C9H16N2OS2. The molecule has 2 N–H and O–H groups in total. The van der Waals surface area contributed by atoms with Crippen LogP contribution < -0.4 is 5.73 Å². The lowest BCUT2D eigenvalue weighted by molar-refractivity contribution is -0.129. The molecule has 2 unspecified atom stereocenters. The largest absolute Gasteiger partial charge is 0.340 e. The van der Waals surface area contributed by atoms with Crippen molar-refractivity contribution in [2.45, 2.75) is 17.7 Å². The fraction of sp³-hybridized carbons (Fsp3) is 0.889. The highest BCUT2D eigenvalue weighted by Crippen LogP contribution is 2.26. The van der Waals surface area contributed by atoms with Gasteiger partial charge < -0.3 is 10.6 Å². The van der Waals surface area contributed by atoms with E-state index >= 15 is 0 Å². The molecule has 2 heterocycles. The smallest absolute Gasteiger partial charge is 0.236 e. The summed E-state index contributed by atoms with van der Waals surface area (Å²) in [5, 5.41) is 0.194. The number of likely N-dealkylation sites (tertiary alicyclic amines) is 1. The molecule has 0 aromatic rings.